The molecule has 6 heteroatoms. The van der Waals surface area contributed by atoms with Crippen LogP contribution in [0.5, 0.6) is 17.2 Å². The lowest BCUT2D eigenvalue weighted by Crippen LogP contribution is -2.35. The molecule has 2 saturated heterocycles. The van der Waals surface area contributed by atoms with Crippen molar-refractivity contribution in [3.05, 3.63) is 38.0 Å². The molecule has 4 rings (SSSR count). The van der Waals surface area contributed by atoms with Crippen LogP contribution in [-0.4, -0.2) is 63.9 Å². The Morgan fingerprint density at radius 1 is 0.862 bits per heavy atom. The molecule has 1 aromatic carbocycles. The van der Waals surface area contributed by atoms with Crippen molar-refractivity contribution in [2.24, 2.45) is 5.92 Å². The van der Waals surface area contributed by atoms with Crippen molar-refractivity contribution in [1.82, 2.24) is 9.88 Å². The van der Waals surface area contributed by atoms with Crippen LogP contribution >= 0.6 is 0 Å². The normalized spacial score (nSPS) is 21.0. The first-order valence-electron chi connectivity index (χ1n) is 9.94. The molecule has 2 aliphatic heterocycles. The van der Waals surface area contributed by atoms with Gasteiger partial charge in [0.1, 0.15) is 0 Å². The lowest BCUT2D eigenvalue weighted by Gasteiger charge is -2.29. The van der Waals surface area contributed by atoms with Crippen LogP contribution in [-0.2, 0) is 0 Å². The third-order valence-corrected chi connectivity index (χ3v) is 5.85. The summed E-state index contributed by atoms with van der Waals surface area (Å²) in [6.07, 6.45) is 6.52. The Morgan fingerprint density at radius 3 is 2.31 bits per heavy atom. The predicted molar refractivity (Wildman–Crippen MR) is 116 cm³/mol. The van der Waals surface area contributed by atoms with Gasteiger partial charge in [-0.2, -0.15) is 0 Å². The number of pyridine rings is 1. The standard InChI is InChI=1S/C22H29N3O3.CH2/c1-26-20-10-17(11-21(27-2)22(20)28-3)18-9-19(13-23-12-18)25-8-7-24-6-4-5-16(14-24)15-25;/h9-13,16H,4-8,14-15H2,1-3H3;1H2. The van der Waals surface area contributed by atoms with E-state index in [1.54, 1.807) is 21.3 Å². The quantitative estimate of drug-likeness (QED) is 0.768. The number of hydrogen-bond donors (Lipinski definition) is 0. The molecular weight excluding hydrogens is 366 g/mol. The Labute approximate surface area is 174 Å². The second-order valence-corrected chi connectivity index (χ2v) is 7.60. The van der Waals surface area contributed by atoms with Crippen molar-refractivity contribution < 1.29 is 14.2 Å². The van der Waals surface area contributed by atoms with E-state index in [9.17, 15) is 0 Å². The summed E-state index contributed by atoms with van der Waals surface area (Å²) in [6.45, 7) is 5.77. The fourth-order valence-corrected chi connectivity index (χ4v) is 4.41. The predicted octanol–water partition coefficient (Wildman–Crippen LogP) is 3.63. The molecule has 1 aromatic heterocycles. The van der Waals surface area contributed by atoms with Crippen LogP contribution in [0, 0.1) is 13.3 Å². The van der Waals surface area contributed by atoms with Gasteiger partial charge < -0.3 is 24.0 Å². The van der Waals surface area contributed by atoms with Crippen LogP contribution in [0.15, 0.2) is 30.6 Å². The van der Waals surface area contributed by atoms with Gasteiger partial charge in [0.15, 0.2) is 11.5 Å². The Morgan fingerprint density at radius 2 is 1.62 bits per heavy atom. The average Bonchev–Trinajstić information content (AvgIpc) is 2.90. The van der Waals surface area contributed by atoms with Crippen LogP contribution in [0.4, 0.5) is 5.69 Å². The van der Waals surface area contributed by atoms with Gasteiger partial charge in [-0.1, -0.05) is 7.43 Å². The topological polar surface area (TPSA) is 47.1 Å². The van der Waals surface area contributed by atoms with Crippen molar-refractivity contribution in [2.45, 2.75) is 12.8 Å². The molecular formula is C23H31N3O3. The summed E-state index contributed by atoms with van der Waals surface area (Å²) in [7, 11) is 4.90. The van der Waals surface area contributed by atoms with Crippen molar-refractivity contribution in [1.29, 1.82) is 0 Å². The van der Waals surface area contributed by atoms with E-state index >= 15 is 0 Å². The number of rotatable bonds is 5. The van der Waals surface area contributed by atoms with E-state index in [2.05, 4.69) is 20.9 Å². The molecule has 2 aliphatic rings. The number of hydrogen-bond acceptors (Lipinski definition) is 6. The molecule has 2 unspecified atom stereocenters. The molecule has 156 valence electrons. The van der Waals surface area contributed by atoms with E-state index in [4.69, 9.17) is 14.2 Å². The number of nitrogens with zero attached hydrogens (tertiary/aromatic N) is 3. The Kier molecular flexibility index (Phi) is 6.85. The molecule has 0 N–H and O–H groups in total. The molecule has 6 nitrogen and oxygen atoms in total. The van der Waals surface area contributed by atoms with E-state index in [1.165, 1.54) is 31.6 Å². The summed E-state index contributed by atoms with van der Waals surface area (Å²) in [5.74, 6) is 2.66. The van der Waals surface area contributed by atoms with Gasteiger partial charge in [0.25, 0.3) is 0 Å². The van der Waals surface area contributed by atoms with Crippen molar-refractivity contribution in [3.8, 4) is 28.4 Å². The molecule has 2 radical (unpaired) electrons. The number of benzene rings is 1. The van der Waals surface area contributed by atoms with Crippen molar-refractivity contribution in [3.63, 3.8) is 0 Å². The van der Waals surface area contributed by atoms with Gasteiger partial charge in [0, 0.05) is 37.9 Å². The van der Waals surface area contributed by atoms with Gasteiger partial charge in [-0.05, 0) is 49.1 Å². The minimum Gasteiger partial charge on any atom is -0.493 e. The number of piperidine rings is 1. The Balaban J connectivity index is 0.00000240. The zero-order chi connectivity index (χ0) is 19.5. The largest absolute Gasteiger partial charge is 0.493 e. The maximum Gasteiger partial charge on any atom is 0.203 e. The van der Waals surface area contributed by atoms with Crippen LogP contribution in [0.3, 0.4) is 0 Å². The molecule has 2 aromatic rings. The number of anilines is 1. The first-order chi connectivity index (χ1) is 13.7. The summed E-state index contributed by atoms with van der Waals surface area (Å²) in [6, 6.07) is 6.17. The average molecular weight is 398 g/mol. The molecule has 0 amide bonds. The molecule has 2 atom stereocenters. The number of ether oxygens (including phenoxy) is 3. The second-order valence-electron chi connectivity index (χ2n) is 7.60. The molecule has 3 heterocycles. The highest BCUT2D eigenvalue weighted by Crippen LogP contribution is 2.41. The maximum atomic E-state index is 5.51. The smallest absolute Gasteiger partial charge is 0.203 e. The second kappa shape index (κ2) is 9.35. The summed E-state index contributed by atoms with van der Waals surface area (Å²) < 4.78 is 16.5. The number of fused-ring (bicyclic) bond motifs is 2. The monoisotopic (exact) mass is 397 g/mol. The number of methoxy groups -OCH3 is 3. The van der Waals surface area contributed by atoms with E-state index in [0.29, 0.717) is 17.2 Å². The Bertz CT molecular complexity index is 802. The first kappa shape index (κ1) is 21.2. The van der Waals surface area contributed by atoms with E-state index < -0.39 is 0 Å². The van der Waals surface area contributed by atoms with Gasteiger partial charge in [-0.3, -0.25) is 4.98 Å². The van der Waals surface area contributed by atoms with E-state index in [0.717, 1.165) is 36.7 Å². The molecule has 0 saturated carbocycles. The third kappa shape index (κ3) is 4.42. The van der Waals surface area contributed by atoms with Gasteiger partial charge in [0.2, 0.25) is 5.75 Å². The molecule has 29 heavy (non-hydrogen) atoms. The van der Waals surface area contributed by atoms with Gasteiger partial charge in [-0.25, -0.2) is 0 Å². The summed E-state index contributed by atoms with van der Waals surface area (Å²) in [5.41, 5.74) is 3.23. The Hall–Kier alpha value is -2.47. The number of aromatic nitrogens is 1. The van der Waals surface area contributed by atoms with Crippen molar-refractivity contribution >= 4 is 5.69 Å². The maximum absolute atomic E-state index is 5.51. The summed E-state index contributed by atoms with van der Waals surface area (Å²) in [5, 5.41) is 0. The van der Waals surface area contributed by atoms with Crippen LogP contribution < -0.4 is 19.1 Å². The van der Waals surface area contributed by atoms with Crippen LogP contribution in [0.25, 0.3) is 11.1 Å². The van der Waals surface area contributed by atoms with E-state index in [-0.39, 0.29) is 7.43 Å². The summed E-state index contributed by atoms with van der Waals surface area (Å²) in [4.78, 5) is 9.63. The van der Waals surface area contributed by atoms with Crippen molar-refractivity contribution in [2.75, 3.05) is 59.0 Å². The van der Waals surface area contributed by atoms with Crippen LogP contribution in [0.1, 0.15) is 12.8 Å². The highest BCUT2D eigenvalue weighted by molar-refractivity contribution is 5.73. The van der Waals surface area contributed by atoms with Gasteiger partial charge in [0.05, 0.1) is 33.2 Å². The molecule has 0 spiro atoms. The third-order valence-electron chi connectivity index (χ3n) is 5.85. The molecule has 2 fully saturated rings. The lowest BCUT2D eigenvalue weighted by atomic mass is 9.98. The highest BCUT2D eigenvalue weighted by atomic mass is 16.5. The van der Waals surface area contributed by atoms with E-state index in [1.807, 2.05) is 24.5 Å². The zero-order valence-electron chi connectivity index (χ0n) is 17.7. The SMILES string of the molecule is COc1cc(-c2cncc(N3CCN4CCCC(C4)C3)c2)cc(OC)c1OC.[CH2]. The van der Waals surface area contributed by atoms with Crippen LogP contribution in [0.2, 0.25) is 0 Å². The molecule has 0 aliphatic carbocycles. The fourth-order valence-electron chi connectivity index (χ4n) is 4.41. The lowest BCUT2D eigenvalue weighted by molar-refractivity contribution is 0.201. The zero-order valence-corrected chi connectivity index (χ0v) is 17.7. The molecule has 2 bridgehead atoms. The minimum absolute atomic E-state index is 0. The minimum atomic E-state index is 0. The highest BCUT2D eigenvalue weighted by Gasteiger charge is 2.26. The summed E-state index contributed by atoms with van der Waals surface area (Å²) >= 11 is 0. The fraction of sp³-hybridized carbons (Fsp3) is 0.478. The van der Waals surface area contributed by atoms with Gasteiger partial charge >= 0.3 is 0 Å². The van der Waals surface area contributed by atoms with Gasteiger partial charge in [-0.15, -0.1) is 0 Å². The first-order valence-corrected chi connectivity index (χ1v) is 9.94.